The number of hydrogen-bond donors (Lipinski definition) is 2. The molecule has 1 aliphatic rings. The Morgan fingerprint density at radius 3 is 2.86 bits per heavy atom. The van der Waals surface area contributed by atoms with Crippen molar-refractivity contribution in [2.24, 2.45) is 5.92 Å². The van der Waals surface area contributed by atoms with E-state index in [4.69, 9.17) is 4.98 Å². The zero-order valence-electron chi connectivity index (χ0n) is 12.9. The van der Waals surface area contributed by atoms with E-state index in [0.29, 0.717) is 5.95 Å². The van der Waals surface area contributed by atoms with Gasteiger partial charge in [0.25, 0.3) is 0 Å². The second kappa shape index (κ2) is 6.28. The second-order valence-electron chi connectivity index (χ2n) is 5.82. The number of hydrogen-bond acceptors (Lipinski definition) is 5. The standard InChI is InChI=1S/C15H24N6/c1-3-7-16-15-18-13-12(9-17-20-13)14(19-15)21(8-4-2)10-11-5-6-11/h9,11H,3-8,10H2,1-2H3,(H2,16,17,18,19,20). The van der Waals surface area contributed by atoms with Crippen LogP contribution in [0.1, 0.15) is 39.5 Å². The Balaban J connectivity index is 1.94. The lowest BCUT2D eigenvalue weighted by atomic mass is 10.3. The van der Waals surface area contributed by atoms with E-state index < -0.39 is 0 Å². The third-order valence-electron chi connectivity index (χ3n) is 3.79. The van der Waals surface area contributed by atoms with Crippen molar-refractivity contribution in [3.8, 4) is 0 Å². The average Bonchev–Trinajstić information content (AvgIpc) is 3.18. The smallest absolute Gasteiger partial charge is 0.226 e. The number of aromatic amines is 1. The van der Waals surface area contributed by atoms with E-state index in [2.05, 4.69) is 39.2 Å². The summed E-state index contributed by atoms with van der Waals surface area (Å²) in [7, 11) is 0. The van der Waals surface area contributed by atoms with Gasteiger partial charge < -0.3 is 10.2 Å². The van der Waals surface area contributed by atoms with Crippen molar-refractivity contribution in [2.75, 3.05) is 29.9 Å². The van der Waals surface area contributed by atoms with Crippen LogP contribution in [-0.2, 0) is 0 Å². The van der Waals surface area contributed by atoms with Crippen molar-refractivity contribution in [1.29, 1.82) is 0 Å². The number of nitrogens with one attached hydrogen (secondary N) is 2. The van der Waals surface area contributed by atoms with Gasteiger partial charge in [0.1, 0.15) is 5.82 Å². The number of aromatic nitrogens is 4. The number of fused-ring (bicyclic) bond motifs is 1. The summed E-state index contributed by atoms with van der Waals surface area (Å²) in [5, 5.41) is 11.4. The normalized spacial score (nSPS) is 14.6. The van der Waals surface area contributed by atoms with Gasteiger partial charge in [-0.2, -0.15) is 15.1 Å². The molecule has 1 fully saturated rings. The summed E-state index contributed by atoms with van der Waals surface area (Å²) in [6.45, 7) is 7.36. The predicted molar refractivity (Wildman–Crippen MR) is 85.7 cm³/mol. The zero-order valence-corrected chi connectivity index (χ0v) is 12.9. The monoisotopic (exact) mass is 288 g/mol. The van der Waals surface area contributed by atoms with Crippen molar-refractivity contribution < 1.29 is 0 Å². The lowest BCUT2D eigenvalue weighted by Gasteiger charge is -2.24. The van der Waals surface area contributed by atoms with Gasteiger partial charge in [0.05, 0.1) is 11.6 Å². The zero-order chi connectivity index (χ0) is 14.7. The third kappa shape index (κ3) is 3.25. The summed E-state index contributed by atoms with van der Waals surface area (Å²) >= 11 is 0. The van der Waals surface area contributed by atoms with E-state index in [9.17, 15) is 0 Å². The van der Waals surface area contributed by atoms with E-state index in [1.165, 1.54) is 12.8 Å². The summed E-state index contributed by atoms with van der Waals surface area (Å²) in [4.78, 5) is 11.7. The molecule has 1 aliphatic carbocycles. The number of rotatable bonds is 8. The molecule has 0 saturated heterocycles. The Kier molecular flexibility index (Phi) is 4.22. The van der Waals surface area contributed by atoms with Crippen molar-refractivity contribution >= 4 is 22.8 Å². The SMILES string of the molecule is CCCNc1nc(N(CCC)CC2CC2)c2cn[nH]c2n1. The summed E-state index contributed by atoms with van der Waals surface area (Å²) < 4.78 is 0. The highest BCUT2D eigenvalue weighted by molar-refractivity contribution is 5.87. The first-order valence-electron chi connectivity index (χ1n) is 8.01. The summed E-state index contributed by atoms with van der Waals surface area (Å²) in [5.74, 6) is 2.54. The van der Waals surface area contributed by atoms with Crippen LogP contribution in [0.2, 0.25) is 0 Å². The van der Waals surface area contributed by atoms with Gasteiger partial charge in [-0.25, -0.2) is 0 Å². The van der Waals surface area contributed by atoms with Gasteiger partial charge in [0.2, 0.25) is 5.95 Å². The van der Waals surface area contributed by atoms with Gasteiger partial charge in [-0.05, 0) is 31.6 Å². The fourth-order valence-electron chi connectivity index (χ4n) is 2.54. The molecule has 0 radical (unpaired) electrons. The van der Waals surface area contributed by atoms with Crippen LogP contribution in [0.5, 0.6) is 0 Å². The number of anilines is 2. The molecule has 2 N–H and O–H groups in total. The van der Waals surface area contributed by atoms with Crippen molar-refractivity contribution in [2.45, 2.75) is 39.5 Å². The van der Waals surface area contributed by atoms with Gasteiger partial charge in [0, 0.05) is 19.6 Å². The lowest BCUT2D eigenvalue weighted by Crippen LogP contribution is -2.28. The van der Waals surface area contributed by atoms with Gasteiger partial charge in [-0.3, -0.25) is 5.10 Å². The van der Waals surface area contributed by atoms with Gasteiger partial charge >= 0.3 is 0 Å². The van der Waals surface area contributed by atoms with Crippen molar-refractivity contribution in [3.63, 3.8) is 0 Å². The van der Waals surface area contributed by atoms with Crippen LogP contribution in [0.3, 0.4) is 0 Å². The maximum Gasteiger partial charge on any atom is 0.226 e. The Morgan fingerprint density at radius 2 is 2.14 bits per heavy atom. The number of H-pyrrole nitrogens is 1. The quantitative estimate of drug-likeness (QED) is 0.781. The largest absolute Gasteiger partial charge is 0.356 e. The summed E-state index contributed by atoms with van der Waals surface area (Å²) in [6, 6.07) is 0. The summed E-state index contributed by atoms with van der Waals surface area (Å²) in [6.07, 6.45) is 6.71. The van der Waals surface area contributed by atoms with Crippen LogP contribution in [0.25, 0.3) is 11.0 Å². The highest BCUT2D eigenvalue weighted by atomic mass is 15.3. The summed E-state index contributed by atoms with van der Waals surface area (Å²) in [5.41, 5.74) is 0.815. The lowest BCUT2D eigenvalue weighted by molar-refractivity contribution is 0.701. The van der Waals surface area contributed by atoms with E-state index in [-0.39, 0.29) is 0 Å². The van der Waals surface area contributed by atoms with E-state index in [1.54, 1.807) is 0 Å². The van der Waals surface area contributed by atoms with Crippen LogP contribution in [0.4, 0.5) is 11.8 Å². The van der Waals surface area contributed by atoms with Crippen LogP contribution in [-0.4, -0.2) is 39.8 Å². The molecule has 0 amide bonds. The topological polar surface area (TPSA) is 69.7 Å². The number of nitrogens with zero attached hydrogens (tertiary/aromatic N) is 4. The Morgan fingerprint density at radius 1 is 1.29 bits per heavy atom. The molecule has 0 bridgehead atoms. The Hall–Kier alpha value is -1.85. The van der Waals surface area contributed by atoms with Gasteiger partial charge in [0.15, 0.2) is 5.65 Å². The molecular formula is C15H24N6. The molecule has 0 aliphatic heterocycles. The average molecular weight is 288 g/mol. The molecule has 0 spiro atoms. The molecule has 6 heteroatoms. The Labute approximate surface area is 125 Å². The van der Waals surface area contributed by atoms with E-state index in [0.717, 1.165) is 55.2 Å². The predicted octanol–water partition coefficient (Wildman–Crippen LogP) is 2.80. The molecule has 0 unspecified atom stereocenters. The molecule has 2 aromatic rings. The Bertz CT molecular complexity index is 589. The minimum atomic E-state index is 0.695. The molecule has 0 atom stereocenters. The molecule has 6 nitrogen and oxygen atoms in total. The molecule has 3 rings (SSSR count). The van der Waals surface area contributed by atoms with Crippen LogP contribution < -0.4 is 10.2 Å². The van der Waals surface area contributed by atoms with Crippen molar-refractivity contribution in [3.05, 3.63) is 6.20 Å². The fraction of sp³-hybridized carbons (Fsp3) is 0.667. The maximum atomic E-state index is 4.75. The highest BCUT2D eigenvalue weighted by Crippen LogP contribution is 2.33. The van der Waals surface area contributed by atoms with E-state index >= 15 is 0 Å². The minimum absolute atomic E-state index is 0.695. The molecule has 1 saturated carbocycles. The fourth-order valence-corrected chi connectivity index (χ4v) is 2.54. The first-order chi connectivity index (χ1) is 10.3. The molecule has 2 heterocycles. The molecule has 2 aromatic heterocycles. The third-order valence-corrected chi connectivity index (χ3v) is 3.79. The molecule has 0 aromatic carbocycles. The van der Waals surface area contributed by atoms with Crippen LogP contribution >= 0.6 is 0 Å². The molecular weight excluding hydrogens is 264 g/mol. The van der Waals surface area contributed by atoms with Crippen molar-refractivity contribution in [1.82, 2.24) is 20.2 Å². The second-order valence-corrected chi connectivity index (χ2v) is 5.82. The first kappa shape index (κ1) is 14.1. The minimum Gasteiger partial charge on any atom is -0.356 e. The van der Waals surface area contributed by atoms with E-state index in [1.807, 2.05) is 6.20 Å². The highest BCUT2D eigenvalue weighted by Gasteiger charge is 2.26. The van der Waals surface area contributed by atoms with Gasteiger partial charge in [-0.15, -0.1) is 0 Å². The maximum absolute atomic E-state index is 4.75. The van der Waals surface area contributed by atoms with Crippen LogP contribution in [0.15, 0.2) is 6.20 Å². The first-order valence-corrected chi connectivity index (χ1v) is 8.01. The molecule has 21 heavy (non-hydrogen) atoms. The van der Waals surface area contributed by atoms with Gasteiger partial charge in [-0.1, -0.05) is 13.8 Å². The molecule has 114 valence electrons. The van der Waals surface area contributed by atoms with Crippen LogP contribution in [0, 0.1) is 5.92 Å².